The van der Waals surface area contributed by atoms with Gasteiger partial charge in [-0.3, -0.25) is 4.79 Å². The van der Waals surface area contributed by atoms with Crippen molar-refractivity contribution in [2.45, 2.75) is 6.42 Å². The lowest BCUT2D eigenvalue weighted by Crippen LogP contribution is -2.44. The van der Waals surface area contributed by atoms with Crippen LogP contribution in [-0.4, -0.2) is 50.1 Å². The molecule has 4 nitrogen and oxygen atoms in total. The van der Waals surface area contributed by atoms with E-state index in [-0.39, 0.29) is 5.91 Å². The van der Waals surface area contributed by atoms with Crippen LogP contribution in [0.15, 0.2) is 18.2 Å². The number of rotatable bonds is 5. The third-order valence-electron chi connectivity index (χ3n) is 3.27. The molecule has 2 rings (SSSR count). The van der Waals surface area contributed by atoms with Crippen LogP contribution >= 0.6 is 23.2 Å². The van der Waals surface area contributed by atoms with Crippen molar-refractivity contribution in [3.63, 3.8) is 0 Å². The lowest BCUT2D eigenvalue weighted by Gasteiger charge is -2.27. The molecule has 1 heterocycles. The molecule has 2 N–H and O–H groups in total. The van der Waals surface area contributed by atoms with E-state index in [9.17, 15) is 4.79 Å². The zero-order valence-electron chi connectivity index (χ0n) is 11.3. The van der Waals surface area contributed by atoms with E-state index in [1.165, 1.54) is 0 Å². The van der Waals surface area contributed by atoms with Gasteiger partial charge in [0, 0.05) is 48.3 Å². The van der Waals surface area contributed by atoms with E-state index in [0.717, 1.165) is 39.1 Å². The van der Waals surface area contributed by atoms with Crippen molar-refractivity contribution in [3.05, 3.63) is 33.8 Å². The molecule has 0 atom stereocenters. The summed E-state index contributed by atoms with van der Waals surface area (Å²) in [5.74, 6) is -0.130. The molecule has 0 aliphatic carbocycles. The minimum absolute atomic E-state index is 0.130. The summed E-state index contributed by atoms with van der Waals surface area (Å²) in [4.78, 5) is 14.3. The van der Waals surface area contributed by atoms with Gasteiger partial charge in [-0.1, -0.05) is 23.2 Å². The molecule has 0 aromatic heterocycles. The minimum Gasteiger partial charge on any atom is -0.352 e. The second-order valence-electron chi connectivity index (χ2n) is 4.86. The number of amides is 1. The molecule has 1 amide bonds. The Morgan fingerprint density at radius 2 is 1.85 bits per heavy atom. The highest BCUT2D eigenvalue weighted by Crippen LogP contribution is 2.18. The third kappa shape index (κ3) is 4.94. The Balaban J connectivity index is 1.71. The van der Waals surface area contributed by atoms with Crippen LogP contribution in [0.4, 0.5) is 0 Å². The van der Waals surface area contributed by atoms with Gasteiger partial charge in [0.25, 0.3) is 5.91 Å². The van der Waals surface area contributed by atoms with Gasteiger partial charge in [0.2, 0.25) is 0 Å². The van der Waals surface area contributed by atoms with Crippen LogP contribution in [-0.2, 0) is 0 Å². The number of hydrogen-bond donors (Lipinski definition) is 2. The van der Waals surface area contributed by atoms with Gasteiger partial charge in [-0.25, -0.2) is 0 Å². The van der Waals surface area contributed by atoms with Crippen molar-refractivity contribution in [2.24, 2.45) is 0 Å². The average molecular weight is 316 g/mol. The first-order valence-electron chi connectivity index (χ1n) is 6.82. The molecule has 1 aliphatic rings. The van der Waals surface area contributed by atoms with Crippen LogP contribution in [0.5, 0.6) is 0 Å². The van der Waals surface area contributed by atoms with Crippen LogP contribution in [0.1, 0.15) is 16.8 Å². The molecular weight excluding hydrogens is 297 g/mol. The van der Waals surface area contributed by atoms with Crippen LogP contribution in [0.25, 0.3) is 0 Å². The van der Waals surface area contributed by atoms with Crippen LogP contribution < -0.4 is 10.6 Å². The van der Waals surface area contributed by atoms with E-state index in [2.05, 4.69) is 15.5 Å². The predicted molar refractivity (Wildman–Crippen MR) is 82.7 cm³/mol. The maximum atomic E-state index is 11.9. The summed E-state index contributed by atoms with van der Waals surface area (Å²) < 4.78 is 0. The second kappa shape index (κ2) is 7.84. The molecule has 1 saturated heterocycles. The molecule has 1 fully saturated rings. The summed E-state index contributed by atoms with van der Waals surface area (Å²) in [5, 5.41) is 7.16. The summed E-state index contributed by atoms with van der Waals surface area (Å²) >= 11 is 11.8. The van der Waals surface area contributed by atoms with Gasteiger partial charge in [0.1, 0.15) is 0 Å². The highest BCUT2D eigenvalue weighted by molar-refractivity contribution is 6.35. The van der Waals surface area contributed by atoms with Crippen LogP contribution in [0, 0.1) is 0 Å². The fraction of sp³-hybridized carbons (Fsp3) is 0.500. The lowest BCUT2D eigenvalue weighted by molar-refractivity contribution is 0.0951. The van der Waals surface area contributed by atoms with Crippen molar-refractivity contribution in [1.82, 2.24) is 15.5 Å². The Morgan fingerprint density at radius 1 is 1.20 bits per heavy atom. The number of hydrogen-bond acceptors (Lipinski definition) is 3. The Morgan fingerprint density at radius 3 is 2.50 bits per heavy atom. The van der Waals surface area contributed by atoms with Crippen molar-refractivity contribution < 1.29 is 4.79 Å². The molecule has 0 unspecified atom stereocenters. The van der Waals surface area contributed by atoms with Crippen molar-refractivity contribution in [2.75, 3.05) is 39.3 Å². The van der Waals surface area contributed by atoms with Gasteiger partial charge >= 0.3 is 0 Å². The zero-order chi connectivity index (χ0) is 14.4. The SMILES string of the molecule is O=C(NCCCN1CCNCC1)c1cc(Cl)cc(Cl)c1. The summed E-state index contributed by atoms with van der Waals surface area (Å²) in [6, 6.07) is 4.86. The average Bonchev–Trinajstić information content (AvgIpc) is 2.43. The van der Waals surface area contributed by atoms with E-state index >= 15 is 0 Å². The molecule has 0 radical (unpaired) electrons. The molecule has 1 aromatic rings. The van der Waals surface area contributed by atoms with E-state index in [4.69, 9.17) is 23.2 Å². The number of halogens is 2. The first-order chi connectivity index (χ1) is 9.65. The Hall–Kier alpha value is -0.810. The van der Waals surface area contributed by atoms with Crippen LogP contribution in [0.2, 0.25) is 10.0 Å². The van der Waals surface area contributed by atoms with Gasteiger partial charge in [-0.05, 0) is 31.2 Å². The van der Waals surface area contributed by atoms with Crippen molar-refractivity contribution in [3.8, 4) is 0 Å². The molecule has 0 bridgehead atoms. The number of carbonyl (C=O) groups is 1. The number of piperazine rings is 1. The van der Waals surface area contributed by atoms with E-state index < -0.39 is 0 Å². The largest absolute Gasteiger partial charge is 0.352 e. The number of nitrogens with zero attached hydrogens (tertiary/aromatic N) is 1. The zero-order valence-corrected chi connectivity index (χ0v) is 12.8. The molecule has 110 valence electrons. The molecular formula is C14H19Cl2N3O. The number of carbonyl (C=O) groups excluding carboxylic acids is 1. The fourth-order valence-electron chi connectivity index (χ4n) is 2.23. The fourth-order valence-corrected chi connectivity index (χ4v) is 2.75. The summed E-state index contributed by atoms with van der Waals surface area (Å²) in [6.45, 7) is 5.93. The maximum absolute atomic E-state index is 11.9. The lowest BCUT2D eigenvalue weighted by atomic mass is 10.2. The Labute approximate surface area is 129 Å². The van der Waals surface area contributed by atoms with Gasteiger partial charge in [-0.15, -0.1) is 0 Å². The first kappa shape index (κ1) is 15.6. The standard InChI is InChI=1S/C14H19Cl2N3O/c15-12-8-11(9-13(16)10-12)14(20)18-2-1-5-19-6-3-17-4-7-19/h8-10,17H,1-7H2,(H,18,20). The number of benzene rings is 1. The second-order valence-corrected chi connectivity index (χ2v) is 5.73. The molecule has 20 heavy (non-hydrogen) atoms. The highest BCUT2D eigenvalue weighted by Gasteiger charge is 2.10. The predicted octanol–water partition coefficient (Wildman–Crippen LogP) is 2.02. The maximum Gasteiger partial charge on any atom is 0.251 e. The minimum atomic E-state index is -0.130. The molecule has 0 spiro atoms. The van der Waals surface area contributed by atoms with Gasteiger partial charge in [-0.2, -0.15) is 0 Å². The topological polar surface area (TPSA) is 44.4 Å². The number of nitrogens with one attached hydrogen (secondary N) is 2. The van der Waals surface area contributed by atoms with Crippen LogP contribution in [0.3, 0.4) is 0 Å². The third-order valence-corrected chi connectivity index (χ3v) is 3.71. The smallest absolute Gasteiger partial charge is 0.251 e. The van der Waals surface area contributed by atoms with Gasteiger partial charge in [0.15, 0.2) is 0 Å². The molecule has 1 aromatic carbocycles. The summed E-state index contributed by atoms with van der Waals surface area (Å²) in [7, 11) is 0. The molecule has 1 aliphatic heterocycles. The summed E-state index contributed by atoms with van der Waals surface area (Å²) in [6.07, 6.45) is 0.944. The van der Waals surface area contributed by atoms with E-state index in [0.29, 0.717) is 22.2 Å². The molecule has 6 heteroatoms. The Bertz CT molecular complexity index is 441. The molecule has 0 saturated carbocycles. The van der Waals surface area contributed by atoms with Gasteiger partial charge in [0.05, 0.1) is 0 Å². The first-order valence-corrected chi connectivity index (χ1v) is 7.58. The highest BCUT2D eigenvalue weighted by atomic mass is 35.5. The van der Waals surface area contributed by atoms with E-state index in [1.54, 1.807) is 18.2 Å². The van der Waals surface area contributed by atoms with Crippen molar-refractivity contribution in [1.29, 1.82) is 0 Å². The van der Waals surface area contributed by atoms with Gasteiger partial charge < -0.3 is 15.5 Å². The summed E-state index contributed by atoms with van der Waals surface area (Å²) in [5.41, 5.74) is 0.504. The normalized spacial score (nSPS) is 16.1. The quantitative estimate of drug-likeness (QED) is 0.817. The van der Waals surface area contributed by atoms with Crippen molar-refractivity contribution >= 4 is 29.1 Å². The monoisotopic (exact) mass is 315 g/mol. The Kier molecular flexibility index (Phi) is 6.10. The van der Waals surface area contributed by atoms with E-state index in [1.807, 2.05) is 0 Å².